The molecule has 3 N–H and O–H groups in total. The molecule has 0 aromatic rings. The topological polar surface area (TPSA) is 82.7 Å². The van der Waals surface area contributed by atoms with Crippen LogP contribution in [0.1, 0.15) is 32.1 Å². The van der Waals surface area contributed by atoms with Crippen LogP contribution >= 0.6 is 35.1 Å². The second-order valence-electron chi connectivity index (χ2n) is 8.94. The number of nitrogens with zero attached hydrogens (tertiary/aromatic N) is 1. The van der Waals surface area contributed by atoms with E-state index in [0.29, 0.717) is 17.7 Å². The van der Waals surface area contributed by atoms with Crippen LogP contribution < -0.4 is 16.0 Å². The van der Waals surface area contributed by atoms with Gasteiger partial charge < -0.3 is 15.0 Å². The van der Waals surface area contributed by atoms with Crippen LogP contribution in [0, 0.1) is 5.92 Å². The Kier molecular flexibility index (Phi) is 8.50. The molecule has 4 rings (SSSR count). The van der Waals surface area contributed by atoms with E-state index in [0.717, 1.165) is 38.8 Å². The molecule has 0 saturated carbocycles. The molecule has 2 saturated heterocycles. The molecular formula is C22H33ClN4O3S2. The highest BCUT2D eigenvalue weighted by atomic mass is 35.5. The predicted octanol–water partition coefficient (Wildman–Crippen LogP) is 2.87. The zero-order chi connectivity index (χ0) is 22.7. The summed E-state index contributed by atoms with van der Waals surface area (Å²) in [6.07, 6.45) is 12.8. The number of urea groups is 1. The van der Waals surface area contributed by atoms with Gasteiger partial charge in [-0.2, -0.15) is 0 Å². The molecule has 32 heavy (non-hydrogen) atoms. The van der Waals surface area contributed by atoms with E-state index in [4.69, 9.17) is 16.3 Å². The van der Waals surface area contributed by atoms with Crippen molar-refractivity contribution in [3.63, 3.8) is 0 Å². The SMILES string of the molecule is CSC1=C[C@@H]2S[C@H](NC(=O)NC(=O)C3C[C@@H](OC4CCN(C)CC4)C=C[C@H]3Cl)NC2CC1. The number of nitrogens with one attached hydrogen (secondary N) is 3. The van der Waals surface area contributed by atoms with Crippen LogP contribution in [0.3, 0.4) is 0 Å². The molecule has 2 unspecified atom stereocenters. The van der Waals surface area contributed by atoms with Crippen molar-refractivity contribution in [3.8, 4) is 0 Å². The second-order valence-corrected chi connectivity index (χ2v) is 11.7. The number of halogens is 1. The van der Waals surface area contributed by atoms with Gasteiger partial charge >= 0.3 is 6.03 Å². The van der Waals surface area contributed by atoms with Crippen LogP contribution in [0.15, 0.2) is 23.1 Å². The molecule has 0 aromatic heterocycles. The van der Waals surface area contributed by atoms with Crippen LogP contribution in [0.25, 0.3) is 0 Å². The average molecular weight is 501 g/mol. The maximum atomic E-state index is 12.8. The van der Waals surface area contributed by atoms with Gasteiger partial charge in [0, 0.05) is 24.4 Å². The van der Waals surface area contributed by atoms with Gasteiger partial charge in [-0.15, -0.1) is 35.1 Å². The first kappa shape index (κ1) is 24.4. The van der Waals surface area contributed by atoms with E-state index >= 15 is 0 Å². The Morgan fingerprint density at radius 2 is 2.06 bits per heavy atom. The summed E-state index contributed by atoms with van der Waals surface area (Å²) in [5.74, 6) is -0.851. The van der Waals surface area contributed by atoms with Gasteiger partial charge in [-0.25, -0.2) is 4.79 Å². The number of thioether (sulfide) groups is 2. The highest BCUT2D eigenvalue weighted by Crippen LogP contribution is 2.37. The number of likely N-dealkylation sites (tertiary alicyclic amines) is 1. The Hall–Kier alpha value is -0.710. The molecule has 2 aliphatic heterocycles. The fourth-order valence-corrected chi connectivity index (χ4v) is 7.08. The summed E-state index contributed by atoms with van der Waals surface area (Å²) in [6, 6.07) is -0.135. The van der Waals surface area contributed by atoms with Crippen molar-refractivity contribution in [1.82, 2.24) is 20.9 Å². The van der Waals surface area contributed by atoms with Gasteiger partial charge in [-0.05, 0) is 50.3 Å². The number of hydrogen-bond donors (Lipinski definition) is 3. The Morgan fingerprint density at radius 3 is 2.81 bits per heavy atom. The summed E-state index contributed by atoms with van der Waals surface area (Å²) in [5.41, 5.74) is -0.214. The molecule has 2 aliphatic carbocycles. The summed E-state index contributed by atoms with van der Waals surface area (Å²) >= 11 is 9.87. The zero-order valence-corrected chi connectivity index (χ0v) is 21.0. The molecule has 6 atom stereocenters. The van der Waals surface area contributed by atoms with E-state index in [1.807, 2.05) is 12.2 Å². The molecule has 0 radical (unpaired) electrons. The predicted molar refractivity (Wildman–Crippen MR) is 132 cm³/mol. The maximum absolute atomic E-state index is 12.8. The number of alkyl halides is 1. The summed E-state index contributed by atoms with van der Waals surface area (Å²) in [4.78, 5) is 29.0. The number of allylic oxidation sites excluding steroid dienone is 2. The zero-order valence-electron chi connectivity index (χ0n) is 18.6. The van der Waals surface area contributed by atoms with Crippen LogP contribution in [-0.4, -0.2) is 77.6 Å². The third kappa shape index (κ3) is 6.24. The Morgan fingerprint density at radius 1 is 1.28 bits per heavy atom. The lowest BCUT2D eigenvalue weighted by Gasteiger charge is -2.34. The lowest BCUT2D eigenvalue weighted by Crippen LogP contribution is -2.51. The normalized spacial score (nSPS) is 35.8. The lowest BCUT2D eigenvalue weighted by molar-refractivity contribution is -0.125. The number of carbonyl (C=O) groups is 2. The van der Waals surface area contributed by atoms with Crippen molar-refractivity contribution < 1.29 is 14.3 Å². The first-order chi connectivity index (χ1) is 15.4. The van der Waals surface area contributed by atoms with Crippen molar-refractivity contribution in [3.05, 3.63) is 23.1 Å². The standard InChI is InChI=1S/C22H33ClN4O3S2/c1-27-9-7-13(8-10-27)30-14-3-5-17(23)16(11-14)20(28)25-21(29)26-22-24-18-6-4-15(31-2)12-19(18)32-22/h3,5,12-14,16-19,22,24H,4,6-11H2,1-2H3,(H2,25,26,28,29)/t14-,16?,17+,18?,19-,22-/m0/s1. The summed E-state index contributed by atoms with van der Waals surface area (Å²) in [5, 5.41) is 8.73. The Labute approximate surface area is 203 Å². The first-order valence-electron chi connectivity index (χ1n) is 11.3. The van der Waals surface area contributed by atoms with E-state index in [9.17, 15) is 9.59 Å². The number of hydrogen-bond acceptors (Lipinski definition) is 7. The summed E-state index contributed by atoms with van der Waals surface area (Å²) < 4.78 is 6.22. The smallest absolute Gasteiger partial charge is 0.323 e. The van der Waals surface area contributed by atoms with E-state index in [-0.39, 0.29) is 23.6 Å². The van der Waals surface area contributed by atoms with Crippen molar-refractivity contribution in [1.29, 1.82) is 0 Å². The van der Waals surface area contributed by atoms with E-state index < -0.39 is 17.3 Å². The Bertz CT molecular complexity index is 759. The van der Waals surface area contributed by atoms with Crippen molar-refractivity contribution in [2.24, 2.45) is 5.92 Å². The minimum atomic E-state index is -0.498. The summed E-state index contributed by atoms with van der Waals surface area (Å²) in [6.45, 7) is 2.04. The number of fused-ring (bicyclic) bond motifs is 1. The molecule has 178 valence electrons. The molecule has 2 fully saturated rings. The van der Waals surface area contributed by atoms with E-state index in [1.165, 1.54) is 4.91 Å². The van der Waals surface area contributed by atoms with Crippen LogP contribution in [0.5, 0.6) is 0 Å². The van der Waals surface area contributed by atoms with Crippen molar-refractivity contribution >= 4 is 47.1 Å². The number of rotatable bonds is 5. The molecule has 10 heteroatoms. The molecule has 2 heterocycles. The van der Waals surface area contributed by atoms with E-state index in [2.05, 4.69) is 40.2 Å². The number of piperidine rings is 1. The average Bonchev–Trinajstić information content (AvgIpc) is 3.17. The first-order valence-corrected chi connectivity index (χ1v) is 14.0. The highest BCUT2D eigenvalue weighted by molar-refractivity contribution is 8.02. The van der Waals surface area contributed by atoms with E-state index in [1.54, 1.807) is 23.5 Å². The molecule has 4 aliphatic rings. The number of carbonyl (C=O) groups excluding carboxylic acids is 2. The maximum Gasteiger partial charge on any atom is 0.323 e. The van der Waals surface area contributed by atoms with Gasteiger partial charge in [0.25, 0.3) is 0 Å². The molecule has 0 aromatic carbocycles. The lowest BCUT2D eigenvalue weighted by atomic mass is 9.91. The van der Waals surface area contributed by atoms with Gasteiger partial charge in [0.1, 0.15) is 5.50 Å². The molecule has 0 bridgehead atoms. The third-order valence-electron chi connectivity index (χ3n) is 6.62. The molecular weight excluding hydrogens is 468 g/mol. The summed E-state index contributed by atoms with van der Waals surface area (Å²) in [7, 11) is 2.12. The largest absolute Gasteiger partial charge is 0.371 e. The quantitative estimate of drug-likeness (QED) is 0.395. The van der Waals surface area contributed by atoms with Gasteiger partial charge in [0.15, 0.2) is 0 Å². The van der Waals surface area contributed by atoms with Crippen LogP contribution in [-0.2, 0) is 9.53 Å². The minimum absolute atomic E-state index is 0.148. The van der Waals surface area contributed by atoms with Gasteiger partial charge in [-0.1, -0.05) is 18.2 Å². The van der Waals surface area contributed by atoms with Gasteiger partial charge in [0.2, 0.25) is 5.91 Å². The second kappa shape index (κ2) is 11.1. The fourth-order valence-electron chi connectivity index (χ4n) is 4.70. The van der Waals surface area contributed by atoms with Crippen LogP contribution in [0.4, 0.5) is 4.79 Å². The van der Waals surface area contributed by atoms with Gasteiger partial charge in [-0.3, -0.25) is 15.4 Å². The van der Waals surface area contributed by atoms with Crippen molar-refractivity contribution in [2.75, 3.05) is 26.4 Å². The Balaban J connectivity index is 1.24. The highest BCUT2D eigenvalue weighted by Gasteiger charge is 2.37. The monoisotopic (exact) mass is 500 g/mol. The number of ether oxygens (including phenoxy) is 1. The number of amides is 3. The van der Waals surface area contributed by atoms with Crippen molar-refractivity contribution in [2.45, 2.75) is 66.5 Å². The van der Waals surface area contributed by atoms with Crippen LogP contribution in [0.2, 0.25) is 0 Å². The fraction of sp³-hybridized carbons (Fsp3) is 0.727. The number of imide groups is 1. The molecule has 7 nitrogen and oxygen atoms in total. The van der Waals surface area contributed by atoms with Gasteiger partial charge in [0.05, 0.1) is 23.5 Å². The molecule has 0 spiro atoms. The molecule has 3 amide bonds. The minimum Gasteiger partial charge on any atom is -0.371 e. The third-order valence-corrected chi connectivity index (χ3v) is 9.24.